The molecule has 0 aliphatic carbocycles. The molecule has 26 heavy (non-hydrogen) atoms. The van der Waals surface area contributed by atoms with Crippen LogP contribution in [0.4, 0.5) is 18.9 Å². The van der Waals surface area contributed by atoms with Crippen molar-refractivity contribution in [1.29, 1.82) is 0 Å². The number of nitrogens with one attached hydrogen (secondary N) is 1. The van der Waals surface area contributed by atoms with Gasteiger partial charge < -0.3 is 10.1 Å². The molecule has 0 unspecified atom stereocenters. The lowest BCUT2D eigenvalue weighted by Gasteiger charge is -2.14. The first kappa shape index (κ1) is 20.2. The van der Waals surface area contributed by atoms with E-state index in [4.69, 9.17) is 0 Å². The van der Waals surface area contributed by atoms with Gasteiger partial charge in [0, 0.05) is 4.47 Å². The van der Waals surface area contributed by atoms with Crippen molar-refractivity contribution >= 4 is 37.4 Å². The summed E-state index contributed by atoms with van der Waals surface area (Å²) in [6.07, 6.45) is -4.94. The van der Waals surface area contributed by atoms with Gasteiger partial charge in [-0.3, -0.25) is 4.79 Å². The Morgan fingerprint density at radius 1 is 1.12 bits per heavy atom. The third kappa shape index (κ3) is 6.68. The van der Waals surface area contributed by atoms with Gasteiger partial charge in [-0.1, -0.05) is 40.2 Å². The van der Waals surface area contributed by atoms with Crippen LogP contribution in [0.2, 0.25) is 0 Å². The quantitative estimate of drug-likeness (QED) is 0.722. The van der Waals surface area contributed by atoms with Gasteiger partial charge in [0.05, 0.1) is 11.4 Å². The van der Waals surface area contributed by atoms with Crippen molar-refractivity contribution in [2.75, 3.05) is 11.1 Å². The van der Waals surface area contributed by atoms with Crippen molar-refractivity contribution in [1.82, 2.24) is 0 Å². The molecule has 1 N–H and O–H groups in total. The van der Waals surface area contributed by atoms with Crippen LogP contribution in [0.5, 0.6) is 5.75 Å². The Labute approximate surface area is 156 Å². The minimum absolute atomic E-state index is 0.271. The minimum atomic E-state index is -4.94. The summed E-state index contributed by atoms with van der Waals surface area (Å²) in [4.78, 5) is 12.0. The molecule has 140 valence electrons. The van der Waals surface area contributed by atoms with E-state index in [1.54, 1.807) is 24.3 Å². The van der Waals surface area contributed by atoms with E-state index in [0.717, 1.165) is 6.07 Å². The van der Waals surface area contributed by atoms with E-state index in [-0.39, 0.29) is 11.4 Å². The summed E-state index contributed by atoms with van der Waals surface area (Å²) in [5.74, 6) is -2.84. The van der Waals surface area contributed by atoms with Crippen molar-refractivity contribution in [3.8, 4) is 5.75 Å². The fraction of sp³-hybridized carbons (Fsp3) is 0.188. The highest BCUT2D eigenvalue weighted by Crippen LogP contribution is 2.29. The standard InChI is InChI=1S/C16H13BrF3NO4S/c17-12-5-3-4-11(8-12)9-26(23,24)10-15(22)21-13-6-1-2-7-14(13)25-16(18,19)20/h1-8H,9-10H2,(H,21,22). The average Bonchev–Trinajstić information content (AvgIpc) is 2.46. The minimum Gasteiger partial charge on any atom is -0.404 e. The number of para-hydroxylation sites is 2. The van der Waals surface area contributed by atoms with E-state index in [1.165, 1.54) is 18.2 Å². The van der Waals surface area contributed by atoms with E-state index in [0.29, 0.717) is 10.0 Å². The van der Waals surface area contributed by atoms with Gasteiger partial charge in [-0.05, 0) is 29.8 Å². The number of rotatable bonds is 6. The largest absolute Gasteiger partial charge is 0.573 e. The van der Waals surface area contributed by atoms with Crippen LogP contribution in [-0.2, 0) is 20.4 Å². The number of carbonyl (C=O) groups is 1. The van der Waals surface area contributed by atoms with Crippen molar-refractivity contribution in [3.63, 3.8) is 0 Å². The third-order valence-electron chi connectivity index (χ3n) is 3.01. The molecule has 2 rings (SSSR count). The molecule has 0 radical (unpaired) electrons. The molecule has 0 aromatic heterocycles. The molecule has 10 heteroatoms. The number of ether oxygens (including phenoxy) is 1. The van der Waals surface area contributed by atoms with Crippen molar-refractivity contribution in [2.45, 2.75) is 12.1 Å². The molecule has 0 heterocycles. The zero-order valence-corrected chi connectivity index (χ0v) is 15.5. The summed E-state index contributed by atoms with van der Waals surface area (Å²) in [6.45, 7) is 0. The molecule has 0 saturated heterocycles. The SMILES string of the molecule is O=C(CS(=O)(=O)Cc1cccc(Br)c1)Nc1ccccc1OC(F)(F)F. The summed E-state index contributed by atoms with van der Waals surface area (Å²) < 4.78 is 65.9. The first-order valence-electron chi connectivity index (χ1n) is 7.13. The number of sulfone groups is 1. The predicted molar refractivity (Wildman–Crippen MR) is 93.4 cm³/mol. The van der Waals surface area contributed by atoms with Crippen molar-refractivity contribution in [3.05, 3.63) is 58.6 Å². The second-order valence-electron chi connectivity index (χ2n) is 5.25. The molecule has 0 atom stereocenters. The summed E-state index contributed by atoms with van der Waals surface area (Å²) in [7, 11) is -3.81. The summed E-state index contributed by atoms with van der Waals surface area (Å²) in [6, 6.07) is 11.4. The van der Waals surface area contributed by atoms with Gasteiger partial charge in [-0.2, -0.15) is 0 Å². The van der Waals surface area contributed by atoms with Gasteiger partial charge in [0.1, 0.15) is 5.75 Å². The molecule has 0 spiro atoms. The van der Waals surface area contributed by atoms with Gasteiger partial charge >= 0.3 is 6.36 Å². The summed E-state index contributed by atoms with van der Waals surface area (Å²) in [5.41, 5.74) is 0.209. The van der Waals surface area contributed by atoms with Crippen LogP contribution in [0.25, 0.3) is 0 Å². The molecule has 2 aromatic carbocycles. The highest BCUT2D eigenvalue weighted by molar-refractivity contribution is 9.10. The summed E-state index contributed by atoms with van der Waals surface area (Å²) in [5, 5.41) is 2.13. The predicted octanol–water partition coefficient (Wildman–Crippen LogP) is 3.90. The molecular weight excluding hydrogens is 439 g/mol. The zero-order valence-electron chi connectivity index (χ0n) is 13.1. The van der Waals surface area contributed by atoms with Crippen LogP contribution in [0.15, 0.2) is 53.0 Å². The molecule has 0 bridgehead atoms. The van der Waals surface area contributed by atoms with Gasteiger partial charge in [-0.25, -0.2) is 8.42 Å². The Morgan fingerprint density at radius 3 is 2.46 bits per heavy atom. The Kier molecular flexibility index (Phi) is 6.30. The molecule has 0 saturated carbocycles. The number of halogens is 4. The lowest BCUT2D eigenvalue weighted by atomic mass is 10.2. The monoisotopic (exact) mass is 451 g/mol. The molecule has 2 aromatic rings. The molecule has 1 amide bonds. The number of alkyl halides is 3. The number of hydrogen-bond acceptors (Lipinski definition) is 4. The Hall–Kier alpha value is -2.07. The van der Waals surface area contributed by atoms with Gasteiger partial charge in [-0.15, -0.1) is 13.2 Å². The van der Waals surface area contributed by atoms with Gasteiger partial charge in [0.2, 0.25) is 5.91 Å². The fourth-order valence-electron chi connectivity index (χ4n) is 2.10. The van der Waals surface area contributed by atoms with E-state index in [9.17, 15) is 26.4 Å². The van der Waals surface area contributed by atoms with Crippen LogP contribution in [-0.4, -0.2) is 26.4 Å². The van der Waals surface area contributed by atoms with Gasteiger partial charge in [0.15, 0.2) is 15.6 Å². The Bertz CT molecular complexity index is 900. The van der Waals surface area contributed by atoms with Crippen molar-refractivity contribution < 1.29 is 31.1 Å². The number of carbonyl (C=O) groups excluding carboxylic acids is 1. The lowest BCUT2D eigenvalue weighted by Crippen LogP contribution is -2.25. The molecule has 0 aliphatic rings. The maximum atomic E-state index is 12.4. The Balaban J connectivity index is 2.06. The van der Waals surface area contributed by atoms with E-state index in [2.05, 4.69) is 26.0 Å². The Morgan fingerprint density at radius 2 is 1.81 bits per heavy atom. The second kappa shape index (κ2) is 8.09. The number of amides is 1. The first-order chi connectivity index (χ1) is 12.0. The molecule has 0 fully saturated rings. The van der Waals surface area contributed by atoms with Crippen LogP contribution < -0.4 is 10.1 Å². The maximum Gasteiger partial charge on any atom is 0.573 e. The first-order valence-corrected chi connectivity index (χ1v) is 9.75. The van der Waals surface area contributed by atoms with Crippen LogP contribution >= 0.6 is 15.9 Å². The average molecular weight is 452 g/mol. The normalized spacial score (nSPS) is 11.8. The third-order valence-corrected chi connectivity index (χ3v) is 4.98. The van der Waals surface area contributed by atoms with E-state index < -0.39 is 33.6 Å². The zero-order chi connectivity index (χ0) is 19.4. The highest BCUT2D eigenvalue weighted by Gasteiger charge is 2.32. The van der Waals surface area contributed by atoms with E-state index in [1.807, 2.05) is 0 Å². The highest BCUT2D eigenvalue weighted by atomic mass is 79.9. The lowest BCUT2D eigenvalue weighted by molar-refractivity contribution is -0.274. The molecule has 5 nitrogen and oxygen atoms in total. The molecule has 0 aliphatic heterocycles. The van der Waals surface area contributed by atoms with Crippen molar-refractivity contribution in [2.24, 2.45) is 0 Å². The van der Waals surface area contributed by atoms with Crippen LogP contribution in [0, 0.1) is 0 Å². The smallest absolute Gasteiger partial charge is 0.404 e. The maximum absolute atomic E-state index is 12.4. The number of anilines is 1. The summed E-state index contributed by atoms with van der Waals surface area (Å²) >= 11 is 3.22. The van der Waals surface area contributed by atoms with Crippen LogP contribution in [0.3, 0.4) is 0 Å². The topological polar surface area (TPSA) is 72.5 Å². The van der Waals surface area contributed by atoms with E-state index >= 15 is 0 Å². The second-order valence-corrected chi connectivity index (χ2v) is 8.23. The van der Waals surface area contributed by atoms with Crippen LogP contribution in [0.1, 0.15) is 5.56 Å². The number of benzene rings is 2. The fourth-order valence-corrected chi connectivity index (χ4v) is 3.81. The molecular formula is C16H13BrF3NO4S. The number of hydrogen-bond donors (Lipinski definition) is 1. The van der Waals surface area contributed by atoms with Gasteiger partial charge in [0.25, 0.3) is 0 Å².